The smallest absolute Gasteiger partial charge is 0.302 e. The molecule has 3 rings (SSSR count). The number of hydrogen-bond acceptors (Lipinski definition) is 4. The third-order valence-corrected chi connectivity index (χ3v) is 6.96. The fourth-order valence-corrected chi connectivity index (χ4v) is 4.90. The Labute approximate surface area is 157 Å². The van der Waals surface area contributed by atoms with E-state index >= 15 is 0 Å². The number of Topliss-reactive ketones (excluding diaryl/α,β-unsaturated/α-hetero) is 1. The molecule has 0 aromatic rings. The van der Waals surface area contributed by atoms with Crippen molar-refractivity contribution in [3.8, 4) is 0 Å². The van der Waals surface area contributed by atoms with Gasteiger partial charge in [0, 0.05) is 18.8 Å². The van der Waals surface area contributed by atoms with Crippen LogP contribution in [0, 0.1) is 17.3 Å². The highest BCUT2D eigenvalue weighted by molar-refractivity contribution is 5.87. The van der Waals surface area contributed by atoms with Crippen LogP contribution < -0.4 is 0 Å². The van der Waals surface area contributed by atoms with Crippen molar-refractivity contribution in [2.24, 2.45) is 17.3 Å². The van der Waals surface area contributed by atoms with E-state index in [0.717, 1.165) is 37.7 Å². The van der Waals surface area contributed by atoms with Gasteiger partial charge in [-0.1, -0.05) is 25.2 Å². The summed E-state index contributed by atoms with van der Waals surface area (Å²) in [7, 11) is 0. The number of rotatable bonds is 5. The quantitative estimate of drug-likeness (QED) is 0.415. The van der Waals surface area contributed by atoms with Crippen LogP contribution in [0.3, 0.4) is 0 Å². The molecule has 0 amide bonds. The number of esters is 1. The van der Waals surface area contributed by atoms with E-state index in [2.05, 4.69) is 20.4 Å². The van der Waals surface area contributed by atoms with Crippen LogP contribution >= 0.6 is 0 Å². The third kappa shape index (κ3) is 3.66. The second kappa shape index (κ2) is 6.95. The lowest BCUT2D eigenvalue weighted by atomic mass is 9.49. The van der Waals surface area contributed by atoms with Gasteiger partial charge in [0.25, 0.3) is 0 Å². The van der Waals surface area contributed by atoms with Crippen LogP contribution in [0.2, 0.25) is 0 Å². The van der Waals surface area contributed by atoms with E-state index in [1.165, 1.54) is 12.5 Å². The third-order valence-electron chi connectivity index (χ3n) is 6.96. The number of allylic oxidation sites excluding steroid dienone is 2. The summed E-state index contributed by atoms with van der Waals surface area (Å²) in [5, 5.41) is 0. The zero-order chi connectivity index (χ0) is 19.1. The van der Waals surface area contributed by atoms with E-state index in [0.29, 0.717) is 30.1 Å². The van der Waals surface area contributed by atoms with Gasteiger partial charge in [-0.05, 0) is 63.4 Å². The maximum atomic E-state index is 13.0. The van der Waals surface area contributed by atoms with E-state index in [9.17, 15) is 9.59 Å². The van der Waals surface area contributed by atoms with Crippen molar-refractivity contribution in [1.29, 1.82) is 0 Å². The molecule has 0 aromatic heterocycles. The van der Waals surface area contributed by atoms with E-state index in [1.807, 2.05) is 13.0 Å². The Morgan fingerprint density at radius 3 is 2.73 bits per heavy atom. The fraction of sp³-hybridized carbons (Fsp3) is 0.727. The first-order chi connectivity index (χ1) is 12.2. The van der Waals surface area contributed by atoms with Crippen molar-refractivity contribution < 1.29 is 19.1 Å². The van der Waals surface area contributed by atoms with Crippen molar-refractivity contribution in [3.05, 3.63) is 23.8 Å². The van der Waals surface area contributed by atoms with Gasteiger partial charge in [0.15, 0.2) is 0 Å². The molecule has 0 spiro atoms. The average Bonchev–Trinajstić information content (AvgIpc) is 3.22. The van der Waals surface area contributed by atoms with Crippen molar-refractivity contribution in [2.75, 3.05) is 6.61 Å². The highest BCUT2D eigenvalue weighted by atomic mass is 16.6. The lowest BCUT2D eigenvalue weighted by Gasteiger charge is -2.53. The van der Waals surface area contributed by atoms with Gasteiger partial charge in [0.05, 0.1) is 11.7 Å². The van der Waals surface area contributed by atoms with Crippen LogP contribution in [0.4, 0.5) is 0 Å². The second-order valence-corrected chi connectivity index (χ2v) is 8.95. The van der Waals surface area contributed by atoms with Gasteiger partial charge in [0.1, 0.15) is 12.4 Å². The van der Waals surface area contributed by atoms with Crippen LogP contribution in [-0.4, -0.2) is 30.1 Å². The molecule has 0 radical (unpaired) electrons. The van der Waals surface area contributed by atoms with Crippen LogP contribution in [0.1, 0.15) is 66.2 Å². The summed E-state index contributed by atoms with van der Waals surface area (Å²) >= 11 is 0. The summed E-state index contributed by atoms with van der Waals surface area (Å²) in [6, 6.07) is 0. The van der Waals surface area contributed by atoms with Gasteiger partial charge in [-0.25, -0.2) is 0 Å². The molecule has 5 atom stereocenters. The second-order valence-electron chi connectivity index (χ2n) is 8.95. The van der Waals surface area contributed by atoms with Gasteiger partial charge < -0.3 is 9.47 Å². The first-order valence-electron chi connectivity index (χ1n) is 9.83. The summed E-state index contributed by atoms with van der Waals surface area (Å²) in [5.41, 5.74) is 1.99. The number of fused-ring (bicyclic) bond motifs is 2. The van der Waals surface area contributed by atoms with Crippen molar-refractivity contribution in [2.45, 2.75) is 77.9 Å². The Morgan fingerprint density at radius 2 is 2.04 bits per heavy atom. The molecule has 2 aliphatic carbocycles. The zero-order valence-corrected chi connectivity index (χ0v) is 16.6. The number of carbonyl (C=O) groups excluding carboxylic acids is 2. The molecule has 1 aliphatic heterocycles. The number of hydrogen-bond donors (Lipinski definition) is 0. The topological polar surface area (TPSA) is 55.9 Å². The molecule has 26 heavy (non-hydrogen) atoms. The van der Waals surface area contributed by atoms with Crippen molar-refractivity contribution >= 4 is 11.8 Å². The first kappa shape index (κ1) is 19.3. The maximum Gasteiger partial charge on any atom is 0.302 e. The molecule has 0 N–H and O–H groups in total. The molecule has 144 valence electrons. The van der Waals surface area contributed by atoms with Crippen molar-refractivity contribution in [1.82, 2.24) is 0 Å². The SMILES string of the molecule is C=C1CC[C@H]2O[C@]2(C)CC[C@@H]2[C@@H]1C[C@@]2(C)C(=O)C/C=C(/C)COC(C)=O. The van der Waals surface area contributed by atoms with Crippen molar-refractivity contribution in [3.63, 3.8) is 0 Å². The maximum absolute atomic E-state index is 13.0. The standard InChI is InChI=1S/C22H32O4/c1-14(13-25-16(3)23)6-8-19(24)21(4)12-17-15(2)7-9-20-22(5,26-20)11-10-18(17)21/h6,17-18,20H,2,7-13H2,1,3-5H3/b14-6-/t17-,18-,20-,21-,22-/m1/s1. The summed E-state index contributed by atoms with van der Waals surface area (Å²) in [6.07, 6.45) is 7.80. The Bertz CT molecular complexity index is 649. The highest BCUT2D eigenvalue weighted by Gasteiger charge is 2.58. The minimum atomic E-state index is -0.295. The number of carbonyl (C=O) groups is 2. The molecule has 0 aromatic carbocycles. The van der Waals surface area contributed by atoms with E-state index in [1.54, 1.807) is 0 Å². The van der Waals surface area contributed by atoms with Gasteiger partial charge in [0.2, 0.25) is 0 Å². The molecule has 3 aliphatic rings. The molecule has 0 bridgehead atoms. The summed E-state index contributed by atoms with van der Waals surface area (Å²) in [6.45, 7) is 12.2. The predicted molar refractivity (Wildman–Crippen MR) is 101 cm³/mol. The number of ether oxygens (including phenoxy) is 2. The lowest BCUT2D eigenvalue weighted by molar-refractivity contribution is -0.142. The molecule has 4 nitrogen and oxygen atoms in total. The highest BCUT2D eigenvalue weighted by Crippen LogP contribution is 2.60. The average molecular weight is 360 g/mol. The van der Waals surface area contributed by atoms with Crippen LogP contribution in [0.15, 0.2) is 23.8 Å². The molecule has 0 unspecified atom stereocenters. The van der Waals surface area contributed by atoms with Crippen LogP contribution in [-0.2, 0) is 19.1 Å². The largest absolute Gasteiger partial charge is 0.461 e. The fourth-order valence-electron chi connectivity index (χ4n) is 4.90. The van der Waals surface area contributed by atoms with Crippen LogP contribution in [0.5, 0.6) is 0 Å². The summed E-state index contributed by atoms with van der Waals surface area (Å²) in [4.78, 5) is 23.9. The first-order valence-corrected chi connectivity index (χ1v) is 9.83. The summed E-state index contributed by atoms with van der Waals surface area (Å²) < 4.78 is 10.9. The molecule has 3 fully saturated rings. The normalized spacial score (nSPS) is 39.5. The van der Waals surface area contributed by atoms with Crippen LogP contribution in [0.25, 0.3) is 0 Å². The zero-order valence-electron chi connectivity index (χ0n) is 16.6. The van der Waals surface area contributed by atoms with Gasteiger partial charge in [-0.2, -0.15) is 0 Å². The minimum Gasteiger partial charge on any atom is -0.461 e. The van der Waals surface area contributed by atoms with E-state index in [4.69, 9.17) is 9.47 Å². The summed E-state index contributed by atoms with van der Waals surface area (Å²) in [5.74, 6) is 0.864. The van der Waals surface area contributed by atoms with E-state index < -0.39 is 0 Å². The monoisotopic (exact) mass is 360 g/mol. The Hall–Kier alpha value is -1.42. The van der Waals surface area contributed by atoms with Gasteiger partial charge in [-0.3, -0.25) is 9.59 Å². The molecular formula is C22H32O4. The predicted octanol–water partition coefficient (Wildman–Crippen LogP) is 4.39. The number of epoxide rings is 1. The Balaban J connectivity index is 1.63. The Morgan fingerprint density at radius 1 is 1.31 bits per heavy atom. The molecule has 4 heteroatoms. The molecule has 1 heterocycles. The number of ketones is 1. The molecule has 1 saturated heterocycles. The Kier molecular flexibility index (Phi) is 5.17. The van der Waals surface area contributed by atoms with E-state index in [-0.39, 0.29) is 23.6 Å². The van der Waals surface area contributed by atoms with Gasteiger partial charge in [-0.15, -0.1) is 0 Å². The lowest BCUT2D eigenvalue weighted by Crippen LogP contribution is -2.51. The molecule has 2 saturated carbocycles. The van der Waals surface area contributed by atoms with Gasteiger partial charge >= 0.3 is 5.97 Å². The molecular weight excluding hydrogens is 328 g/mol. The minimum absolute atomic E-state index is 0.0231.